The molecular formula is C5H10N2O3. The van der Waals surface area contributed by atoms with Gasteiger partial charge in [-0.2, -0.15) is 0 Å². The molecule has 1 aliphatic heterocycles. The maximum Gasteiger partial charge on any atom is 0.312 e. The van der Waals surface area contributed by atoms with Crippen LogP contribution in [-0.4, -0.2) is 23.2 Å². The zero-order chi connectivity index (χ0) is 7.40. The van der Waals surface area contributed by atoms with Crippen molar-refractivity contribution in [2.45, 2.75) is 19.3 Å². The van der Waals surface area contributed by atoms with Crippen LogP contribution in [0.2, 0.25) is 0 Å². The van der Waals surface area contributed by atoms with E-state index >= 15 is 0 Å². The maximum atomic E-state index is 9.81. The summed E-state index contributed by atoms with van der Waals surface area (Å²) in [5.41, 5.74) is 0. The van der Waals surface area contributed by atoms with Crippen LogP contribution >= 0.6 is 0 Å². The van der Waals surface area contributed by atoms with Gasteiger partial charge in [-0.25, -0.2) is 4.94 Å². The van der Waals surface area contributed by atoms with Crippen LogP contribution in [0.1, 0.15) is 19.3 Å². The molecule has 5 heteroatoms. The van der Waals surface area contributed by atoms with Crippen molar-refractivity contribution >= 4 is 0 Å². The van der Waals surface area contributed by atoms with Gasteiger partial charge in [-0.1, -0.05) is 6.42 Å². The molecular weight excluding hydrogens is 136 g/mol. The van der Waals surface area contributed by atoms with E-state index in [0.29, 0.717) is 13.1 Å². The Morgan fingerprint density at radius 1 is 1.30 bits per heavy atom. The average Bonchev–Trinajstić information content (AvgIpc) is 1.88. The highest BCUT2D eigenvalue weighted by Crippen LogP contribution is 2.08. The minimum absolute atomic E-state index is 0.682. The molecule has 0 N–H and O–H groups in total. The van der Waals surface area contributed by atoms with Crippen LogP contribution in [0, 0.1) is 10.1 Å². The fourth-order valence-corrected chi connectivity index (χ4v) is 1.04. The van der Waals surface area contributed by atoms with Gasteiger partial charge in [-0.05, 0) is 12.8 Å². The SMILES string of the molecule is O=[N+]([O-])ON1CCCCC1. The van der Waals surface area contributed by atoms with E-state index in [9.17, 15) is 10.1 Å². The lowest BCUT2D eigenvalue weighted by molar-refractivity contribution is -0.811. The van der Waals surface area contributed by atoms with Crippen LogP contribution < -0.4 is 0 Å². The van der Waals surface area contributed by atoms with Gasteiger partial charge >= 0.3 is 5.09 Å². The molecule has 0 spiro atoms. The molecule has 1 saturated heterocycles. The van der Waals surface area contributed by atoms with Crippen LogP contribution in [0.5, 0.6) is 0 Å². The lowest BCUT2D eigenvalue weighted by Crippen LogP contribution is -2.31. The summed E-state index contributed by atoms with van der Waals surface area (Å²) in [6, 6.07) is 0. The van der Waals surface area contributed by atoms with Crippen molar-refractivity contribution in [2.75, 3.05) is 13.1 Å². The van der Waals surface area contributed by atoms with Gasteiger partial charge in [0.25, 0.3) is 0 Å². The molecule has 5 nitrogen and oxygen atoms in total. The second-order valence-electron chi connectivity index (χ2n) is 2.29. The molecule has 0 amide bonds. The van der Waals surface area contributed by atoms with Crippen molar-refractivity contribution in [2.24, 2.45) is 0 Å². The third kappa shape index (κ3) is 2.18. The van der Waals surface area contributed by atoms with E-state index in [-0.39, 0.29) is 0 Å². The van der Waals surface area contributed by atoms with E-state index in [1.807, 2.05) is 0 Å². The molecule has 0 aromatic rings. The van der Waals surface area contributed by atoms with Crippen molar-refractivity contribution in [3.05, 3.63) is 10.1 Å². The molecule has 0 bridgehead atoms. The van der Waals surface area contributed by atoms with Crippen LogP contribution in [0.25, 0.3) is 0 Å². The van der Waals surface area contributed by atoms with Crippen LogP contribution in [0.15, 0.2) is 0 Å². The highest BCUT2D eigenvalue weighted by molar-refractivity contribution is 4.54. The van der Waals surface area contributed by atoms with Crippen molar-refractivity contribution in [3.63, 3.8) is 0 Å². The first kappa shape index (κ1) is 7.27. The molecule has 58 valence electrons. The summed E-state index contributed by atoms with van der Waals surface area (Å²) in [6.45, 7) is 1.36. The van der Waals surface area contributed by atoms with E-state index in [0.717, 1.165) is 19.3 Å². The van der Waals surface area contributed by atoms with Gasteiger partial charge in [0.1, 0.15) is 0 Å². The Hall–Kier alpha value is -0.840. The fraction of sp³-hybridized carbons (Fsp3) is 1.00. The number of rotatable bonds is 2. The quantitative estimate of drug-likeness (QED) is 0.422. The average molecular weight is 146 g/mol. The highest BCUT2D eigenvalue weighted by atomic mass is 17.0. The monoisotopic (exact) mass is 146 g/mol. The van der Waals surface area contributed by atoms with Gasteiger partial charge in [-0.15, -0.1) is 15.2 Å². The molecule has 0 aromatic carbocycles. The third-order valence-electron chi connectivity index (χ3n) is 1.50. The van der Waals surface area contributed by atoms with E-state index in [2.05, 4.69) is 4.94 Å². The van der Waals surface area contributed by atoms with Gasteiger partial charge in [0, 0.05) is 13.1 Å². The van der Waals surface area contributed by atoms with Gasteiger partial charge in [0.2, 0.25) is 0 Å². The summed E-state index contributed by atoms with van der Waals surface area (Å²) in [5.74, 6) is 0. The summed E-state index contributed by atoms with van der Waals surface area (Å²) in [5, 5.41) is 10.4. The predicted molar refractivity (Wildman–Crippen MR) is 33.5 cm³/mol. The van der Waals surface area contributed by atoms with Crippen LogP contribution in [-0.2, 0) is 4.94 Å². The van der Waals surface area contributed by atoms with Crippen LogP contribution in [0.3, 0.4) is 0 Å². The molecule has 1 aliphatic rings. The van der Waals surface area contributed by atoms with Gasteiger partial charge in [0.15, 0.2) is 0 Å². The van der Waals surface area contributed by atoms with E-state index in [1.165, 1.54) is 5.06 Å². The Kier molecular flexibility index (Phi) is 2.44. The zero-order valence-electron chi connectivity index (χ0n) is 5.65. The fourth-order valence-electron chi connectivity index (χ4n) is 1.04. The topological polar surface area (TPSA) is 55.6 Å². The molecule has 10 heavy (non-hydrogen) atoms. The van der Waals surface area contributed by atoms with Crippen molar-refractivity contribution in [1.82, 2.24) is 5.06 Å². The Bertz CT molecular complexity index is 122. The summed E-state index contributed by atoms with van der Waals surface area (Å²) in [6.07, 6.45) is 3.14. The number of hydrogen-bond acceptors (Lipinski definition) is 4. The summed E-state index contributed by atoms with van der Waals surface area (Å²) in [4.78, 5) is 14.1. The number of hydroxylamine groups is 2. The van der Waals surface area contributed by atoms with Crippen molar-refractivity contribution < 1.29 is 10.0 Å². The van der Waals surface area contributed by atoms with Gasteiger partial charge in [0.05, 0.1) is 0 Å². The normalized spacial score (nSPS) is 20.4. The van der Waals surface area contributed by atoms with E-state index < -0.39 is 5.09 Å². The number of nitrogens with zero attached hydrogens (tertiary/aromatic N) is 2. The summed E-state index contributed by atoms with van der Waals surface area (Å²) in [7, 11) is 0. The molecule has 1 rings (SSSR count). The second kappa shape index (κ2) is 3.36. The number of hydrogen-bond donors (Lipinski definition) is 0. The maximum absolute atomic E-state index is 9.81. The lowest BCUT2D eigenvalue weighted by Gasteiger charge is -2.22. The summed E-state index contributed by atoms with van der Waals surface area (Å²) < 4.78 is 0. The molecule has 1 heterocycles. The molecule has 1 fully saturated rings. The zero-order valence-corrected chi connectivity index (χ0v) is 5.65. The molecule has 0 unspecified atom stereocenters. The second-order valence-corrected chi connectivity index (χ2v) is 2.29. The molecule has 0 radical (unpaired) electrons. The first-order valence-electron chi connectivity index (χ1n) is 3.36. The first-order chi connectivity index (χ1) is 4.79. The number of piperidine rings is 1. The minimum atomic E-state index is -0.759. The lowest BCUT2D eigenvalue weighted by atomic mass is 10.2. The van der Waals surface area contributed by atoms with Gasteiger partial charge < -0.3 is 0 Å². The van der Waals surface area contributed by atoms with Crippen molar-refractivity contribution in [1.29, 1.82) is 0 Å². The minimum Gasteiger partial charge on any atom is -0.217 e. The molecule has 0 aromatic heterocycles. The smallest absolute Gasteiger partial charge is 0.217 e. The van der Waals surface area contributed by atoms with Gasteiger partial charge in [-0.3, -0.25) is 0 Å². The van der Waals surface area contributed by atoms with Crippen molar-refractivity contribution in [3.8, 4) is 0 Å². The first-order valence-corrected chi connectivity index (χ1v) is 3.36. The Balaban J connectivity index is 2.19. The van der Waals surface area contributed by atoms with E-state index in [4.69, 9.17) is 0 Å². The molecule has 0 saturated carbocycles. The Morgan fingerprint density at radius 3 is 2.40 bits per heavy atom. The standard InChI is InChI=1S/C5H10N2O3/c8-7(9)10-6-4-2-1-3-5-6/h1-5H2. The van der Waals surface area contributed by atoms with E-state index in [1.54, 1.807) is 0 Å². The molecule has 0 aliphatic carbocycles. The third-order valence-corrected chi connectivity index (χ3v) is 1.50. The largest absolute Gasteiger partial charge is 0.312 e. The predicted octanol–water partition coefficient (Wildman–Crippen LogP) is 0.596. The Labute approximate surface area is 58.6 Å². The molecule has 0 atom stereocenters. The summed E-state index contributed by atoms with van der Waals surface area (Å²) >= 11 is 0. The Morgan fingerprint density at radius 2 is 1.90 bits per heavy atom. The highest BCUT2D eigenvalue weighted by Gasteiger charge is 2.12. The van der Waals surface area contributed by atoms with Crippen LogP contribution in [0.4, 0.5) is 0 Å².